The number of phosphoric acid groups is 1. The lowest BCUT2D eigenvalue weighted by Gasteiger charge is -2.28. The van der Waals surface area contributed by atoms with Crippen LogP contribution in [0.5, 0.6) is 0 Å². The molecule has 0 aromatic carbocycles. The fourth-order valence-electron chi connectivity index (χ4n) is 5.63. The monoisotopic (exact) mass is 758 g/mol. The van der Waals surface area contributed by atoms with E-state index in [2.05, 4.69) is 38.2 Å². The van der Waals surface area contributed by atoms with Crippen molar-refractivity contribution >= 4 is 19.8 Å². The van der Waals surface area contributed by atoms with Crippen molar-refractivity contribution < 1.29 is 42.1 Å². The molecule has 0 amide bonds. The van der Waals surface area contributed by atoms with Gasteiger partial charge in [0.2, 0.25) is 0 Å². The summed E-state index contributed by atoms with van der Waals surface area (Å²) in [6, 6.07) is 0. The highest BCUT2D eigenvalue weighted by Crippen LogP contribution is 2.38. The maximum Gasteiger partial charge on any atom is 0.306 e. The van der Waals surface area contributed by atoms with Crippen LogP contribution in [0.2, 0.25) is 0 Å². The number of carbonyl (C=O) groups excluding carboxylic acids is 2. The zero-order valence-electron chi connectivity index (χ0n) is 34.3. The number of nitrogens with zero attached hydrogens (tertiary/aromatic N) is 1. The molecule has 0 aliphatic rings. The van der Waals surface area contributed by atoms with Crippen LogP contribution in [0.1, 0.15) is 181 Å². The van der Waals surface area contributed by atoms with Gasteiger partial charge in [-0.3, -0.25) is 14.2 Å². The Morgan fingerprint density at radius 2 is 1.04 bits per heavy atom. The Hall–Kier alpha value is -1.51. The van der Waals surface area contributed by atoms with Crippen LogP contribution in [0.3, 0.4) is 0 Å². The lowest BCUT2D eigenvalue weighted by atomic mass is 10.0. The van der Waals surface area contributed by atoms with Crippen LogP contribution in [0.15, 0.2) is 24.3 Å². The first-order chi connectivity index (χ1) is 25.0. The highest BCUT2D eigenvalue weighted by Gasteiger charge is 2.21. The number of rotatable bonds is 38. The van der Waals surface area contributed by atoms with E-state index in [0.717, 1.165) is 51.4 Å². The Balaban J connectivity index is 4.40. The number of allylic oxidation sites excluding steroid dienone is 4. The topological polar surface area (TPSA) is 111 Å². The number of phosphoric ester groups is 1. The van der Waals surface area contributed by atoms with Gasteiger partial charge in [-0.15, -0.1) is 0 Å². The fraction of sp³-hybridized carbons (Fsp3) is 0.857. The lowest BCUT2D eigenvalue weighted by molar-refractivity contribution is -0.870. The summed E-state index contributed by atoms with van der Waals surface area (Å²) in [6.07, 6.45) is 36.2. The summed E-state index contributed by atoms with van der Waals surface area (Å²) >= 11 is 0. The molecule has 0 fully saturated rings. The first-order valence-corrected chi connectivity index (χ1v) is 22.5. The maximum atomic E-state index is 12.6. The summed E-state index contributed by atoms with van der Waals surface area (Å²) in [5.74, 6) is -0.846. The minimum Gasteiger partial charge on any atom is -0.756 e. The Labute approximate surface area is 319 Å². The predicted molar refractivity (Wildman–Crippen MR) is 213 cm³/mol. The van der Waals surface area contributed by atoms with Crippen molar-refractivity contribution in [2.24, 2.45) is 0 Å². The second kappa shape index (κ2) is 35.2. The smallest absolute Gasteiger partial charge is 0.306 e. The van der Waals surface area contributed by atoms with E-state index < -0.39 is 32.5 Å². The molecule has 10 heteroatoms. The van der Waals surface area contributed by atoms with Crippen LogP contribution in [0, 0.1) is 0 Å². The third kappa shape index (κ3) is 38.2. The average molecular weight is 758 g/mol. The Bertz CT molecular complexity index is 949. The first-order valence-electron chi connectivity index (χ1n) is 21.0. The van der Waals surface area contributed by atoms with Crippen molar-refractivity contribution in [1.82, 2.24) is 0 Å². The van der Waals surface area contributed by atoms with Gasteiger partial charge in [0.25, 0.3) is 7.82 Å². The molecule has 0 saturated carbocycles. The number of carbonyl (C=O) groups is 2. The van der Waals surface area contributed by atoms with Crippen molar-refractivity contribution in [3.05, 3.63) is 24.3 Å². The SMILES string of the molecule is CCCCC/C=C\C/C=C\CCCCCCCC(=O)OCC(COP(=O)([O-])OCC[N+](C)(C)C)OC(=O)CCCCCCCCCCCCCCC. The van der Waals surface area contributed by atoms with Gasteiger partial charge in [0, 0.05) is 12.8 Å². The van der Waals surface area contributed by atoms with Gasteiger partial charge >= 0.3 is 11.9 Å². The molecule has 0 aliphatic heterocycles. The standard InChI is InChI=1S/C42H80NO8P/c1-6-8-10-12-14-16-18-20-21-23-24-26-28-30-32-34-41(44)48-38-40(39-50-52(46,47)49-37-36-43(3,4)5)51-42(45)35-33-31-29-27-25-22-19-17-15-13-11-9-7-2/h14,16,20-21,40H,6-13,15,17-19,22-39H2,1-5H3/b16-14-,21-20-. The van der Waals surface area contributed by atoms with E-state index in [9.17, 15) is 19.0 Å². The van der Waals surface area contributed by atoms with E-state index in [-0.39, 0.29) is 26.1 Å². The van der Waals surface area contributed by atoms with Crippen molar-refractivity contribution in [2.45, 2.75) is 187 Å². The summed E-state index contributed by atoms with van der Waals surface area (Å²) in [4.78, 5) is 37.4. The number of unbranched alkanes of at least 4 members (excludes halogenated alkanes) is 20. The summed E-state index contributed by atoms with van der Waals surface area (Å²) < 4.78 is 33.8. The fourth-order valence-corrected chi connectivity index (χ4v) is 6.35. The van der Waals surface area contributed by atoms with E-state index in [1.807, 2.05) is 21.1 Å². The molecule has 0 bridgehead atoms. The summed E-state index contributed by atoms with van der Waals surface area (Å²) in [5.41, 5.74) is 0. The quantitative estimate of drug-likeness (QED) is 0.0201. The molecule has 0 radical (unpaired) electrons. The zero-order chi connectivity index (χ0) is 38.6. The maximum absolute atomic E-state index is 12.6. The Kier molecular flexibility index (Phi) is 34.2. The summed E-state index contributed by atoms with van der Waals surface area (Å²) in [6.45, 7) is 4.18. The third-order valence-electron chi connectivity index (χ3n) is 8.97. The van der Waals surface area contributed by atoms with Gasteiger partial charge in [-0.1, -0.05) is 147 Å². The number of hydrogen-bond donors (Lipinski definition) is 0. The normalized spacial score (nSPS) is 13.9. The highest BCUT2D eigenvalue weighted by molar-refractivity contribution is 7.45. The molecule has 2 unspecified atom stereocenters. The van der Waals surface area contributed by atoms with Crippen LogP contribution < -0.4 is 4.89 Å². The van der Waals surface area contributed by atoms with Crippen LogP contribution in [0.4, 0.5) is 0 Å². The highest BCUT2D eigenvalue weighted by atomic mass is 31.2. The van der Waals surface area contributed by atoms with Crippen LogP contribution in [0.25, 0.3) is 0 Å². The van der Waals surface area contributed by atoms with Gasteiger partial charge in [-0.25, -0.2) is 0 Å². The number of quaternary nitrogens is 1. The summed E-state index contributed by atoms with van der Waals surface area (Å²) in [5, 5.41) is 0. The number of ether oxygens (including phenoxy) is 2. The average Bonchev–Trinajstić information content (AvgIpc) is 3.09. The number of hydrogen-bond acceptors (Lipinski definition) is 8. The molecule has 0 saturated heterocycles. The van der Waals surface area contributed by atoms with E-state index >= 15 is 0 Å². The van der Waals surface area contributed by atoms with Crippen molar-refractivity contribution in [3.8, 4) is 0 Å². The summed E-state index contributed by atoms with van der Waals surface area (Å²) in [7, 11) is 1.16. The minimum absolute atomic E-state index is 0.0314. The van der Waals surface area contributed by atoms with Gasteiger partial charge in [0.15, 0.2) is 6.10 Å². The molecule has 0 heterocycles. The van der Waals surface area contributed by atoms with Crippen LogP contribution in [-0.2, 0) is 32.7 Å². The minimum atomic E-state index is -4.62. The van der Waals surface area contributed by atoms with Crippen molar-refractivity contribution in [2.75, 3.05) is 47.5 Å². The van der Waals surface area contributed by atoms with Crippen LogP contribution >= 0.6 is 7.82 Å². The van der Waals surface area contributed by atoms with Gasteiger partial charge in [-0.2, -0.15) is 0 Å². The van der Waals surface area contributed by atoms with E-state index in [1.54, 1.807) is 0 Å². The molecule has 0 aromatic heterocycles. The largest absolute Gasteiger partial charge is 0.756 e. The molecular formula is C42H80NO8P. The molecule has 0 aromatic rings. The second-order valence-corrected chi connectivity index (χ2v) is 16.8. The third-order valence-corrected chi connectivity index (χ3v) is 9.94. The number of likely N-dealkylation sites (N-methyl/N-ethyl adjacent to an activating group) is 1. The molecule has 0 rings (SSSR count). The van der Waals surface area contributed by atoms with Gasteiger partial charge < -0.3 is 27.9 Å². The Morgan fingerprint density at radius 3 is 1.56 bits per heavy atom. The molecular weight excluding hydrogens is 677 g/mol. The zero-order valence-corrected chi connectivity index (χ0v) is 35.2. The predicted octanol–water partition coefficient (Wildman–Crippen LogP) is 10.9. The van der Waals surface area contributed by atoms with Crippen LogP contribution in [-0.4, -0.2) is 70.0 Å². The molecule has 52 heavy (non-hydrogen) atoms. The van der Waals surface area contributed by atoms with Crippen molar-refractivity contribution in [1.29, 1.82) is 0 Å². The lowest BCUT2D eigenvalue weighted by Crippen LogP contribution is -2.37. The van der Waals surface area contributed by atoms with E-state index in [4.69, 9.17) is 18.5 Å². The van der Waals surface area contributed by atoms with Gasteiger partial charge in [0.05, 0.1) is 27.7 Å². The van der Waals surface area contributed by atoms with Gasteiger partial charge in [-0.05, 0) is 44.9 Å². The molecule has 306 valence electrons. The molecule has 9 nitrogen and oxygen atoms in total. The second-order valence-electron chi connectivity index (χ2n) is 15.4. The number of esters is 2. The van der Waals surface area contributed by atoms with E-state index in [0.29, 0.717) is 23.9 Å². The van der Waals surface area contributed by atoms with Gasteiger partial charge in [0.1, 0.15) is 19.8 Å². The molecule has 2 atom stereocenters. The molecule has 0 spiro atoms. The first kappa shape index (κ1) is 50.5. The Morgan fingerprint density at radius 1 is 0.596 bits per heavy atom. The van der Waals surface area contributed by atoms with Crippen molar-refractivity contribution in [3.63, 3.8) is 0 Å². The molecule has 0 aliphatic carbocycles. The van der Waals surface area contributed by atoms with E-state index in [1.165, 1.54) is 89.9 Å². The molecule has 0 N–H and O–H groups in total.